The highest BCUT2D eigenvalue weighted by Crippen LogP contribution is 2.44. The number of ether oxygens (including phenoxy) is 2. The Hall–Kier alpha value is -2.86. The van der Waals surface area contributed by atoms with E-state index in [-0.39, 0.29) is 31.1 Å². The summed E-state index contributed by atoms with van der Waals surface area (Å²) in [5.41, 5.74) is 4.72. The van der Waals surface area contributed by atoms with Crippen molar-refractivity contribution in [2.75, 3.05) is 13.2 Å². The molecular formula is C22H23NO5. The molecule has 1 saturated heterocycles. The molecular weight excluding hydrogens is 358 g/mol. The number of benzene rings is 2. The molecule has 0 bridgehead atoms. The third-order valence-corrected chi connectivity index (χ3v) is 5.44. The van der Waals surface area contributed by atoms with Gasteiger partial charge in [0, 0.05) is 18.6 Å². The molecule has 0 spiro atoms. The molecule has 0 aromatic heterocycles. The fraction of sp³-hybridized carbons (Fsp3) is 0.364. The Labute approximate surface area is 163 Å². The van der Waals surface area contributed by atoms with Gasteiger partial charge in [0.25, 0.3) is 0 Å². The average molecular weight is 381 g/mol. The second-order valence-corrected chi connectivity index (χ2v) is 7.28. The second kappa shape index (κ2) is 8.02. The monoisotopic (exact) mass is 381 g/mol. The van der Waals surface area contributed by atoms with Gasteiger partial charge in [-0.25, -0.2) is 4.79 Å². The lowest BCUT2D eigenvalue weighted by atomic mass is 9.98. The van der Waals surface area contributed by atoms with Crippen LogP contribution in [-0.2, 0) is 14.3 Å². The lowest BCUT2D eigenvalue weighted by Crippen LogP contribution is -2.43. The van der Waals surface area contributed by atoms with Crippen LogP contribution in [0, 0.1) is 0 Å². The van der Waals surface area contributed by atoms with Gasteiger partial charge < -0.3 is 19.9 Å². The molecule has 0 saturated carbocycles. The number of alkyl carbamates (subject to hydrolysis) is 1. The van der Waals surface area contributed by atoms with Gasteiger partial charge in [-0.1, -0.05) is 48.5 Å². The minimum atomic E-state index is -0.896. The van der Waals surface area contributed by atoms with Crippen molar-refractivity contribution in [3.8, 4) is 11.1 Å². The van der Waals surface area contributed by atoms with Crippen LogP contribution in [0.1, 0.15) is 36.3 Å². The normalized spacial score (nSPS) is 20.9. The zero-order chi connectivity index (χ0) is 19.5. The predicted molar refractivity (Wildman–Crippen MR) is 103 cm³/mol. The Balaban J connectivity index is 1.37. The number of hydrogen-bond donors (Lipinski definition) is 2. The number of nitrogens with one attached hydrogen (secondary N) is 1. The second-order valence-electron chi connectivity index (χ2n) is 7.28. The van der Waals surface area contributed by atoms with Crippen molar-refractivity contribution in [1.82, 2.24) is 5.32 Å². The summed E-state index contributed by atoms with van der Waals surface area (Å²) >= 11 is 0. The first kappa shape index (κ1) is 18.5. The molecule has 2 N–H and O–H groups in total. The third kappa shape index (κ3) is 3.87. The van der Waals surface area contributed by atoms with Gasteiger partial charge in [0.15, 0.2) is 0 Å². The van der Waals surface area contributed by atoms with Crippen LogP contribution in [0.25, 0.3) is 11.1 Å². The molecule has 1 aliphatic heterocycles. The van der Waals surface area contributed by atoms with Gasteiger partial charge in [-0.15, -0.1) is 0 Å². The molecule has 6 heteroatoms. The third-order valence-electron chi connectivity index (χ3n) is 5.44. The molecule has 1 heterocycles. The minimum Gasteiger partial charge on any atom is -0.481 e. The maximum Gasteiger partial charge on any atom is 0.407 e. The maximum absolute atomic E-state index is 12.3. The standard InChI is InChI=1S/C22H23NO5/c24-21(25)12-15-11-14(9-10-27-15)23-22(26)28-13-20-18-7-3-1-5-16(18)17-6-2-4-8-19(17)20/h1-8,14-15,20H,9-13H2,(H,23,26)(H,24,25). The number of carboxylic acid groups (broad SMARTS) is 1. The Kier molecular flexibility index (Phi) is 5.30. The van der Waals surface area contributed by atoms with Crippen LogP contribution in [0.4, 0.5) is 4.79 Å². The van der Waals surface area contributed by atoms with Crippen molar-refractivity contribution in [3.63, 3.8) is 0 Å². The van der Waals surface area contributed by atoms with E-state index in [9.17, 15) is 9.59 Å². The van der Waals surface area contributed by atoms with Crippen molar-refractivity contribution >= 4 is 12.1 Å². The Bertz CT molecular complexity index is 835. The molecule has 0 radical (unpaired) electrons. The van der Waals surface area contributed by atoms with Crippen molar-refractivity contribution in [2.24, 2.45) is 0 Å². The number of amides is 1. The number of aliphatic carboxylic acids is 1. The summed E-state index contributed by atoms with van der Waals surface area (Å²) < 4.78 is 11.0. The molecule has 2 aromatic carbocycles. The van der Waals surface area contributed by atoms with E-state index in [1.165, 1.54) is 22.3 Å². The van der Waals surface area contributed by atoms with Crippen molar-refractivity contribution in [2.45, 2.75) is 37.3 Å². The number of hydrogen-bond acceptors (Lipinski definition) is 4. The molecule has 1 fully saturated rings. The molecule has 4 rings (SSSR count). The summed E-state index contributed by atoms with van der Waals surface area (Å²) in [5, 5.41) is 11.8. The highest BCUT2D eigenvalue weighted by atomic mass is 16.5. The molecule has 146 valence electrons. The quantitative estimate of drug-likeness (QED) is 0.827. The van der Waals surface area contributed by atoms with Crippen LogP contribution in [-0.4, -0.2) is 42.5 Å². The summed E-state index contributed by atoms with van der Waals surface area (Å²) in [4.78, 5) is 23.2. The summed E-state index contributed by atoms with van der Waals surface area (Å²) in [6.45, 7) is 0.702. The number of fused-ring (bicyclic) bond motifs is 3. The highest BCUT2D eigenvalue weighted by Gasteiger charge is 2.30. The molecule has 1 amide bonds. The van der Waals surface area contributed by atoms with Gasteiger partial charge in [-0.2, -0.15) is 0 Å². The van der Waals surface area contributed by atoms with Crippen molar-refractivity contribution in [1.29, 1.82) is 0 Å². The van der Waals surface area contributed by atoms with Gasteiger partial charge in [0.2, 0.25) is 0 Å². The molecule has 1 aliphatic carbocycles. The predicted octanol–water partition coefficient (Wildman–Crippen LogP) is 3.55. The van der Waals surface area contributed by atoms with E-state index in [1.54, 1.807) is 0 Å². The summed E-state index contributed by atoms with van der Waals surface area (Å²) in [7, 11) is 0. The zero-order valence-corrected chi connectivity index (χ0v) is 15.5. The molecule has 28 heavy (non-hydrogen) atoms. The van der Waals surface area contributed by atoms with E-state index in [2.05, 4.69) is 29.6 Å². The topological polar surface area (TPSA) is 84.9 Å². The Morgan fingerprint density at radius 2 is 1.71 bits per heavy atom. The fourth-order valence-electron chi connectivity index (χ4n) is 4.16. The number of carboxylic acids is 1. The van der Waals surface area contributed by atoms with E-state index in [4.69, 9.17) is 14.6 Å². The van der Waals surface area contributed by atoms with E-state index in [0.717, 1.165) is 0 Å². The molecule has 2 aliphatic rings. The fourth-order valence-corrected chi connectivity index (χ4v) is 4.16. The first-order chi connectivity index (χ1) is 13.6. The molecule has 2 unspecified atom stereocenters. The lowest BCUT2D eigenvalue weighted by Gasteiger charge is -2.29. The Morgan fingerprint density at radius 1 is 1.07 bits per heavy atom. The van der Waals surface area contributed by atoms with E-state index in [1.807, 2.05) is 24.3 Å². The van der Waals surface area contributed by atoms with Gasteiger partial charge in [0.1, 0.15) is 6.61 Å². The zero-order valence-electron chi connectivity index (χ0n) is 15.5. The molecule has 2 aromatic rings. The molecule has 2 atom stereocenters. The van der Waals surface area contributed by atoms with Gasteiger partial charge in [0.05, 0.1) is 12.5 Å². The van der Waals surface area contributed by atoms with Crippen LogP contribution < -0.4 is 5.32 Å². The summed E-state index contributed by atoms with van der Waals surface area (Å²) in [5.74, 6) is -0.876. The smallest absolute Gasteiger partial charge is 0.407 e. The van der Waals surface area contributed by atoms with Crippen molar-refractivity contribution in [3.05, 3.63) is 59.7 Å². The van der Waals surface area contributed by atoms with Crippen LogP contribution in [0.5, 0.6) is 0 Å². The van der Waals surface area contributed by atoms with Gasteiger partial charge in [-0.3, -0.25) is 4.79 Å². The lowest BCUT2D eigenvalue weighted by molar-refractivity contribution is -0.141. The maximum atomic E-state index is 12.3. The van der Waals surface area contributed by atoms with E-state index in [0.29, 0.717) is 19.4 Å². The minimum absolute atomic E-state index is 0.0209. The van der Waals surface area contributed by atoms with Gasteiger partial charge in [-0.05, 0) is 35.1 Å². The highest BCUT2D eigenvalue weighted by molar-refractivity contribution is 5.79. The van der Waals surface area contributed by atoms with Crippen LogP contribution in [0.15, 0.2) is 48.5 Å². The number of carbonyl (C=O) groups excluding carboxylic acids is 1. The van der Waals surface area contributed by atoms with E-state index < -0.39 is 12.1 Å². The first-order valence-electron chi connectivity index (χ1n) is 9.56. The number of rotatable bonds is 5. The summed E-state index contributed by atoms with van der Waals surface area (Å²) in [6.07, 6.45) is 0.243. The van der Waals surface area contributed by atoms with Crippen molar-refractivity contribution < 1.29 is 24.2 Å². The van der Waals surface area contributed by atoms with E-state index >= 15 is 0 Å². The largest absolute Gasteiger partial charge is 0.481 e. The number of carbonyl (C=O) groups is 2. The van der Waals surface area contributed by atoms with Gasteiger partial charge >= 0.3 is 12.1 Å². The van der Waals surface area contributed by atoms with Crippen LogP contribution >= 0.6 is 0 Å². The summed E-state index contributed by atoms with van der Waals surface area (Å²) in [6, 6.07) is 16.3. The first-order valence-corrected chi connectivity index (χ1v) is 9.56. The SMILES string of the molecule is O=C(O)CC1CC(NC(=O)OCC2c3ccccc3-c3ccccc32)CCO1. The Morgan fingerprint density at radius 3 is 2.36 bits per heavy atom. The van der Waals surface area contributed by atoms with Crippen LogP contribution in [0.2, 0.25) is 0 Å². The average Bonchev–Trinajstić information content (AvgIpc) is 3.00. The molecule has 6 nitrogen and oxygen atoms in total. The van der Waals surface area contributed by atoms with Crippen LogP contribution in [0.3, 0.4) is 0 Å².